The minimum atomic E-state index is -0.812. The molecule has 0 fully saturated rings. The van der Waals surface area contributed by atoms with Gasteiger partial charge in [-0.1, -0.05) is 37.6 Å². The van der Waals surface area contributed by atoms with Crippen LogP contribution in [0.1, 0.15) is 42.6 Å². The standard InChI is InChI=1S/C14H17ClO3/c1-3-6-10(2)18-14(17)13(16)12-8-5-4-7-11(12)9-15/h4-5,7-8,10H,3,6,9H2,1-2H3. The molecular formula is C14H17ClO3. The monoisotopic (exact) mass is 268 g/mol. The highest BCUT2D eigenvalue weighted by atomic mass is 35.5. The molecule has 0 saturated heterocycles. The summed E-state index contributed by atoms with van der Waals surface area (Å²) in [4.78, 5) is 23.6. The highest BCUT2D eigenvalue weighted by molar-refractivity contribution is 6.41. The zero-order chi connectivity index (χ0) is 13.5. The van der Waals surface area contributed by atoms with Crippen molar-refractivity contribution in [3.05, 3.63) is 35.4 Å². The lowest BCUT2D eigenvalue weighted by atomic mass is 10.1. The second-order valence-corrected chi connectivity index (χ2v) is 4.39. The zero-order valence-corrected chi connectivity index (χ0v) is 11.4. The number of Topliss-reactive ketones (excluding diaryl/α,β-unsaturated/α-hetero) is 1. The molecule has 0 bridgehead atoms. The molecule has 0 aliphatic carbocycles. The summed E-state index contributed by atoms with van der Waals surface area (Å²) in [6.45, 7) is 3.77. The van der Waals surface area contributed by atoms with Crippen LogP contribution in [-0.4, -0.2) is 17.9 Å². The van der Waals surface area contributed by atoms with Crippen molar-refractivity contribution < 1.29 is 14.3 Å². The summed E-state index contributed by atoms with van der Waals surface area (Å²) in [5.41, 5.74) is 0.963. The van der Waals surface area contributed by atoms with Gasteiger partial charge in [0.05, 0.1) is 6.10 Å². The smallest absolute Gasteiger partial charge is 0.379 e. The highest BCUT2D eigenvalue weighted by Crippen LogP contribution is 2.13. The lowest BCUT2D eigenvalue weighted by molar-refractivity contribution is -0.142. The first kappa shape index (κ1) is 14.7. The molecule has 98 valence electrons. The quantitative estimate of drug-likeness (QED) is 0.344. The molecule has 0 spiro atoms. The van der Waals surface area contributed by atoms with Crippen molar-refractivity contribution in [1.29, 1.82) is 0 Å². The number of carbonyl (C=O) groups excluding carboxylic acids is 2. The van der Waals surface area contributed by atoms with Crippen LogP contribution in [0.4, 0.5) is 0 Å². The molecule has 0 N–H and O–H groups in total. The van der Waals surface area contributed by atoms with Crippen LogP contribution in [-0.2, 0) is 15.4 Å². The van der Waals surface area contributed by atoms with Gasteiger partial charge in [-0.25, -0.2) is 4.79 Å². The van der Waals surface area contributed by atoms with Crippen molar-refractivity contribution in [2.45, 2.75) is 38.7 Å². The van der Waals surface area contributed by atoms with Crippen LogP contribution in [0, 0.1) is 0 Å². The maximum atomic E-state index is 11.9. The van der Waals surface area contributed by atoms with E-state index in [2.05, 4.69) is 0 Å². The molecule has 4 heteroatoms. The lowest BCUT2D eigenvalue weighted by Crippen LogP contribution is -2.23. The average molecular weight is 269 g/mol. The van der Waals surface area contributed by atoms with Crippen molar-refractivity contribution in [3.8, 4) is 0 Å². The molecule has 1 aromatic rings. The number of ketones is 1. The zero-order valence-electron chi connectivity index (χ0n) is 10.6. The molecule has 0 amide bonds. The van der Waals surface area contributed by atoms with Crippen molar-refractivity contribution in [2.24, 2.45) is 0 Å². The molecule has 18 heavy (non-hydrogen) atoms. The van der Waals surface area contributed by atoms with Crippen molar-refractivity contribution in [3.63, 3.8) is 0 Å². The normalized spacial score (nSPS) is 11.9. The van der Waals surface area contributed by atoms with E-state index in [-0.39, 0.29) is 12.0 Å². The molecule has 1 atom stereocenters. The van der Waals surface area contributed by atoms with Crippen LogP contribution in [0.5, 0.6) is 0 Å². The lowest BCUT2D eigenvalue weighted by Gasteiger charge is -2.12. The van der Waals surface area contributed by atoms with Gasteiger partial charge in [-0.15, -0.1) is 11.6 Å². The van der Waals surface area contributed by atoms with Crippen molar-refractivity contribution in [1.82, 2.24) is 0 Å². The van der Waals surface area contributed by atoms with Gasteiger partial charge >= 0.3 is 5.97 Å². The number of alkyl halides is 1. The van der Waals surface area contributed by atoms with Crippen LogP contribution in [0.25, 0.3) is 0 Å². The molecule has 0 aromatic heterocycles. The van der Waals surface area contributed by atoms with E-state index >= 15 is 0 Å². The van der Waals surface area contributed by atoms with E-state index in [1.165, 1.54) is 0 Å². The number of hydrogen-bond acceptors (Lipinski definition) is 3. The van der Waals surface area contributed by atoms with Crippen LogP contribution in [0.3, 0.4) is 0 Å². The summed E-state index contributed by atoms with van der Waals surface area (Å²) < 4.78 is 5.07. The summed E-state index contributed by atoms with van der Waals surface area (Å²) >= 11 is 5.73. The largest absolute Gasteiger partial charge is 0.457 e. The number of rotatable bonds is 6. The molecule has 1 rings (SSSR count). The van der Waals surface area contributed by atoms with Gasteiger partial charge in [0.1, 0.15) is 0 Å². The molecule has 1 aromatic carbocycles. The molecule has 3 nitrogen and oxygen atoms in total. The van der Waals surface area contributed by atoms with Gasteiger partial charge in [0, 0.05) is 11.4 Å². The Hall–Kier alpha value is -1.35. The first-order valence-corrected chi connectivity index (χ1v) is 6.52. The maximum absolute atomic E-state index is 11.9. The SMILES string of the molecule is CCCC(C)OC(=O)C(=O)c1ccccc1CCl. The van der Waals surface area contributed by atoms with E-state index in [0.29, 0.717) is 11.1 Å². The summed E-state index contributed by atoms with van der Waals surface area (Å²) in [6.07, 6.45) is 1.41. The third kappa shape index (κ3) is 3.84. The van der Waals surface area contributed by atoms with Crippen LogP contribution in [0.2, 0.25) is 0 Å². The molecule has 0 heterocycles. The number of hydrogen-bond donors (Lipinski definition) is 0. The van der Waals surface area contributed by atoms with Crippen LogP contribution in [0.15, 0.2) is 24.3 Å². The number of carbonyl (C=O) groups is 2. The third-order valence-electron chi connectivity index (χ3n) is 2.59. The van der Waals surface area contributed by atoms with Gasteiger partial charge in [0.25, 0.3) is 5.78 Å². The molecule has 1 unspecified atom stereocenters. The van der Waals surface area contributed by atoms with Gasteiger partial charge in [0.2, 0.25) is 0 Å². The maximum Gasteiger partial charge on any atom is 0.379 e. The Bertz CT molecular complexity index is 429. The first-order chi connectivity index (χ1) is 8.60. The van der Waals surface area contributed by atoms with E-state index in [9.17, 15) is 9.59 Å². The number of esters is 1. The van der Waals surface area contributed by atoms with E-state index in [0.717, 1.165) is 12.8 Å². The Balaban J connectivity index is 2.77. The second-order valence-electron chi connectivity index (χ2n) is 4.12. The fourth-order valence-electron chi connectivity index (χ4n) is 1.67. The predicted molar refractivity (Wildman–Crippen MR) is 70.8 cm³/mol. The topological polar surface area (TPSA) is 43.4 Å². The first-order valence-electron chi connectivity index (χ1n) is 5.99. The summed E-state index contributed by atoms with van der Waals surface area (Å²) in [5, 5.41) is 0. The van der Waals surface area contributed by atoms with E-state index < -0.39 is 11.8 Å². The Morgan fingerprint density at radius 2 is 2.00 bits per heavy atom. The van der Waals surface area contributed by atoms with Gasteiger partial charge in [0.15, 0.2) is 0 Å². The Morgan fingerprint density at radius 1 is 1.33 bits per heavy atom. The number of halogens is 1. The fourth-order valence-corrected chi connectivity index (χ4v) is 1.90. The van der Waals surface area contributed by atoms with Gasteiger partial charge < -0.3 is 4.74 Å². The minimum absolute atomic E-state index is 0.194. The Kier molecular flexibility index (Phi) is 5.86. The van der Waals surface area contributed by atoms with Gasteiger partial charge in [-0.2, -0.15) is 0 Å². The number of ether oxygens (including phenoxy) is 1. The Labute approximate surface area is 112 Å². The summed E-state index contributed by atoms with van der Waals surface area (Å²) in [6, 6.07) is 6.79. The van der Waals surface area contributed by atoms with Crippen molar-refractivity contribution in [2.75, 3.05) is 0 Å². The molecule has 0 aliphatic heterocycles. The summed E-state index contributed by atoms with van der Waals surface area (Å²) in [7, 11) is 0. The van der Waals surface area contributed by atoms with Gasteiger partial charge in [-0.3, -0.25) is 4.79 Å². The van der Waals surface area contributed by atoms with Crippen molar-refractivity contribution >= 4 is 23.4 Å². The molecular weight excluding hydrogens is 252 g/mol. The molecule has 0 radical (unpaired) electrons. The average Bonchev–Trinajstić information content (AvgIpc) is 2.38. The van der Waals surface area contributed by atoms with E-state index in [1.54, 1.807) is 31.2 Å². The second kappa shape index (κ2) is 7.17. The van der Waals surface area contributed by atoms with Crippen LogP contribution >= 0.6 is 11.6 Å². The predicted octanol–water partition coefficient (Wildman–Crippen LogP) is 3.34. The highest BCUT2D eigenvalue weighted by Gasteiger charge is 2.22. The third-order valence-corrected chi connectivity index (χ3v) is 2.88. The van der Waals surface area contributed by atoms with E-state index in [1.807, 2.05) is 6.92 Å². The number of benzene rings is 1. The minimum Gasteiger partial charge on any atom is -0.457 e. The fraction of sp³-hybridized carbons (Fsp3) is 0.429. The Morgan fingerprint density at radius 3 is 2.61 bits per heavy atom. The van der Waals surface area contributed by atoms with Crippen LogP contribution < -0.4 is 0 Å². The van der Waals surface area contributed by atoms with E-state index in [4.69, 9.17) is 16.3 Å². The summed E-state index contributed by atoms with van der Waals surface area (Å²) in [5.74, 6) is -1.25. The molecule has 0 aliphatic rings. The molecule has 0 saturated carbocycles. The van der Waals surface area contributed by atoms with Gasteiger partial charge in [-0.05, 0) is 18.9 Å².